The summed E-state index contributed by atoms with van der Waals surface area (Å²) in [6.45, 7) is 3.82. The first-order valence-corrected chi connectivity index (χ1v) is 10.4. The Kier molecular flexibility index (Phi) is 4.93. The molecule has 0 radical (unpaired) electrons. The van der Waals surface area contributed by atoms with Crippen molar-refractivity contribution in [3.05, 3.63) is 62.3 Å². The fraction of sp³-hybridized carbons (Fsp3) is 0.200. The molecule has 3 heterocycles. The van der Waals surface area contributed by atoms with Crippen molar-refractivity contribution in [2.45, 2.75) is 19.9 Å². The number of amides is 1. The molecule has 1 aliphatic heterocycles. The molecule has 0 bridgehead atoms. The van der Waals surface area contributed by atoms with Crippen LogP contribution < -0.4 is 9.64 Å². The Balaban J connectivity index is 1.93. The summed E-state index contributed by atoms with van der Waals surface area (Å²) in [5.41, 5.74) is 2.82. The van der Waals surface area contributed by atoms with Gasteiger partial charge in [-0.15, -0.1) is 21.5 Å². The van der Waals surface area contributed by atoms with Gasteiger partial charge in [-0.2, -0.15) is 0 Å². The number of ketones is 1. The highest BCUT2D eigenvalue weighted by molar-refractivity contribution is 7.14. The highest BCUT2D eigenvalue weighted by Crippen LogP contribution is 2.44. The van der Waals surface area contributed by atoms with E-state index in [4.69, 9.17) is 4.74 Å². The average Bonchev–Trinajstić information content (AvgIpc) is 3.43. The van der Waals surface area contributed by atoms with Crippen LogP contribution in [-0.2, 0) is 9.59 Å². The molecule has 0 spiro atoms. The van der Waals surface area contributed by atoms with Crippen LogP contribution in [0.4, 0.5) is 5.13 Å². The van der Waals surface area contributed by atoms with Crippen LogP contribution in [0.1, 0.15) is 26.9 Å². The molecule has 4 rings (SSSR count). The monoisotopic (exact) mass is 427 g/mol. The summed E-state index contributed by atoms with van der Waals surface area (Å²) >= 11 is 2.62. The van der Waals surface area contributed by atoms with Gasteiger partial charge >= 0.3 is 5.91 Å². The van der Waals surface area contributed by atoms with Crippen LogP contribution >= 0.6 is 22.7 Å². The first-order valence-electron chi connectivity index (χ1n) is 8.71. The van der Waals surface area contributed by atoms with Gasteiger partial charge in [0.25, 0.3) is 5.78 Å². The molecule has 1 N–H and O–H groups in total. The maximum Gasteiger partial charge on any atom is 0.301 e. The Labute approximate surface area is 174 Å². The molecule has 7 nitrogen and oxygen atoms in total. The number of hydrogen-bond acceptors (Lipinski definition) is 8. The van der Waals surface area contributed by atoms with E-state index in [1.54, 1.807) is 18.2 Å². The number of carbonyl (C=O) groups is 2. The number of aryl methyl sites for hydroxylation is 2. The maximum absolute atomic E-state index is 13.0. The standard InChI is InChI=1S/C20H17N3O4S2/c1-10-4-6-12(8-13(10)27-3)17(24)15-16(14-7-5-11(2)29-14)23(19(26)18(15)25)20-22-21-9-28-20/h4-9,16,24H,1-3H3/b17-15+. The Morgan fingerprint density at radius 3 is 2.62 bits per heavy atom. The summed E-state index contributed by atoms with van der Waals surface area (Å²) in [4.78, 5) is 28.9. The second-order valence-corrected chi connectivity index (χ2v) is 8.65. The van der Waals surface area contributed by atoms with Gasteiger partial charge in [0.1, 0.15) is 23.1 Å². The minimum absolute atomic E-state index is 0.0259. The first kappa shape index (κ1) is 19.3. The average molecular weight is 428 g/mol. The Morgan fingerprint density at radius 1 is 1.21 bits per heavy atom. The van der Waals surface area contributed by atoms with Crippen LogP contribution in [0.15, 0.2) is 41.4 Å². The molecule has 1 unspecified atom stereocenters. The maximum atomic E-state index is 13.0. The smallest absolute Gasteiger partial charge is 0.301 e. The van der Waals surface area contributed by atoms with Gasteiger partial charge < -0.3 is 9.84 Å². The summed E-state index contributed by atoms with van der Waals surface area (Å²) in [5.74, 6) is -1.16. The van der Waals surface area contributed by atoms with E-state index < -0.39 is 17.7 Å². The van der Waals surface area contributed by atoms with Crippen molar-refractivity contribution in [1.29, 1.82) is 0 Å². The van der Waals surface area contributed by atoms with E-state index in [-0.39, 0.29) is 11.3 Å². The predicted octanol–water partition coefficient (Wildman–Crippen LogP) is 3.85. The highest BCUT2D eigenvalue weighted by atomic mass is 32.1. The molecule has 3 aromatic rings. The van der Waals surface area contributed by atoms with Gasteiger partial charge in [-0.3, -0.25) is 14.5 Å². The number of aromatic nitrogens is 2. The van der Waals surface area contributed by atoms with Crippen molar-refractivity contribution < 1.29 is 19.4 Å². The van der Waals surface area contributed by atoms with Gasteiger partial charge in [0.15, 0.2) is 0 Å². The zero-order valence-corrected chi connectivity index (χ0v) is 17.5. The minimum Gasteiger partial charge on any atom is -0.507 e. The zero-order valence-electron chi connectivity index (χ0n) is 15.9. The van der Waals surface area contributed by atoms with Gasteiger partial charge in [0.2, 0.25) is 5.13 Å². The van der Waals surface area contributed by atoms with E-state index in [0.717, 1.165) is 26.7 Å². The molecule has 0 aliphatic carbocycles. The Hall–Kier alpha value is -3.04. The molecule has 1 atom stereocenters. The lowest BCUT2D eigenvalue weighted by atomic mass is 9.99. The lowest BCUT2D eigenvalue weighted by Crippen LogP contribution is -2.29. The number of rotatable bonds is 4. The van der Waals surface area contributed by atoms with E-state index in [1.807, 2.05) is 26.0 Å². The Bertz CT molecular complexity index is 1130. The van der Waals surface area contributed by atoms with Crippen LogP contribution in [0, 0.1) is 13.8 Å². The van der Waals surface area contributed by atoms with Crippen LogP contribution in [0.2, 0.25) is 0 Å². The van der Waals surface area contributed by atoms with Crippen molar-refractivity contribution >= 4 is 45.3 Å². The molecule has 1 fully saturated rings. The lowest BCUT2D eigenvalue weighted by molar-refractivity contribution is -0.132. The number of aliphatic hydroxyl groups excluding tert-OH is 1. The predicted molar refractivity (Wildman–Crippen MR) is 111 cm³/mol. The summed E-state index contributed by atoms with van der Waals surface area (Å²) < 4.78 is 5.33. The molecule has 2 aromatic heterocycles. The second-order valence-electron chi connectivity index (χ2n) is 6.52. The lowest BCUT2D eigenvalue weighted by Gasteiger charge is -2.21. The summed E-state index contributed by atoms with van der Waals surface area (Å²) in [6.07, 6.45) is 0. The zero-order chi connectivity index (χ0) is 20.7. The Morgan fingerprint density at radius 2 is 2.00 bits per heavy atom. The van der Waals surface area contributed by atoms with Gasteiger partial charge in [-0.1, -0.05) is 23.5 Å². The van der Waals surface area contributed by atoms with Gasteiger partial charge in [0.05, 0.1) is 12.7 Å². The molecule has 1 saturated heterocycles. The molecule has 0 saturated carbocycles. The number of anilines is 1. The van der Waals surface area contributed by atoms with Crippen molar-refractivity contribution in [1.82, 2.24) is 10.2 Å². The molecular formula is C20H17N3O4S2. The number of nitrogens with zero attached hydrogens (tertiary/aromatic N) is 3. The topological polar surface area (TPSA) is 92.6 Å². The third-order valence-corrected chi connectivity index (χ3v) is 6.45. The van der Waals surface area contributed by atoms with Gasteiger partial charge in [-0.25, -0.2) is 0 Å². The molecule has 9 heteroatoms. The van der Waals surface area contributed by atoms with Crippen LogP contribution in [-0.4, -0.2) is 34.1 Å². The minimum atomic E-state index is -0.769. The normalized spacial score (nSPS) is 18.4. The van der Waals surface area contributed by atoms with E-state index in [2.05, 4.69) is 10.2 Å². The molecule has 1 amide bonds. The number of aliphatic hydroxyl groups is 1. The summed E-state index contributed by atoms with van der Waals surface area (Å²) in [7, 11) is 1.54. The number of methoxy groups -OCH3 is 1. The molecule has 1 aromatic carbocycles. The van der Waals surface area contributed by atoms with E-state index in [9.17, 15) is 14.7 Å². The SMILES string of the molecule is COc1cc(/C(O)=C2\C(=O)C(=O)N(c3nncs3)C2c2ccc(C)s2)ccc1C. The van der Waals surface area contributed by atoms with E-state index in [1.165, 1.54) is 28.9 Å². The molecule has 1 aliphatic rings. The molecule has 29 heavy (non-hydrogen) atoms. The summed E-state index contributed by atoms with van der Waals surface area (Å²) in [6, 6.07) is 8.14. The highest BCUT2D eigenvalue weighted by Gasteiger charge is 2.48. The van der Waals surface area contributed by atoms with Crippen molar-refractivity contribution in [2.24, 2.45) is 0 Å². The van der Waals surface area contributed by atoms with Crippen molar-refractivity contribution in [2.75, 3.05) is 12.0 Å². The fourth-order valence-electron chi connectivity index (χ4n) is 3.29. The third-order valence-electron chi connectivity index (χ3n) is 4.71. The van der Waals surface area contributed by atoms with Crippen LogP contribution in [0.25, 0.3) is 5.76 Å². The van der Waals surface area contributed by atoms with Crippen LogP contribution in [0.3, 0.4) is 0 Å². The summed E-state index contributed by atoms with van der Waals surface area (Å²) in [5, 5.41) is 19.1. The van der Waals surface area contributed by atoms with E-state index >= 15 is 0 Å². The fourth-order valence-corrected chi connectivity index (χ4v) is 4.86. The second kappa shape index (κ2) is 7.41. The number of ether oxygens (including phenoxy) is 1. The molecule has 148 valence electrons. The number of carbonyl (C=O) groups excluding carboxylic acids is 2. The van der Waals surface area contributed by atoms with E-state index in [0.29, 0.717) is 16.4 Å². The van der Waals surface area contributed by atoms with Gasteiger partial charge in [0, 0.05) is 15.3 Å². The number of thiophene rings is 1. The quantitative estimate of drug-likeness (QED) is 0.386. The largest absolute Gasteiger partial charge is 0.507 e. The van der Waals surface area contributed by atoms with Crippen molar-refractivity contribution in [3.8, 4) is 5.75 Å². The third kappa shape index (κ3) is 3.22. The van der Waals surface area contributed by atoms with Crippen LogP contribution in [0.5, 0.6) is 5.75 Å². The molecular weight excluding hydrogens is 410 g/mol. The van der Waals surface area contributed by atoms with Crippen molar-refractivity contribution in [3.63, 3.8) is 0 Å². The number of hydrogen-bond donors (Lipinski definition) is 1. The number of Topliss-reactive ketones (excluding diaryl/α,β-unsaturated/α-hetero) is 1. The van der Waals surface area contributed by atoms with Gasteiger partial charge in [-0.05, 0) is 37.6 Å². The number of benzene rings is 1. The first-order chi connectivity index (χ1) is 13.9.